The van der Waals surface area contributed by atoms with E-state index in [-0.39, 0.29) is 5.97 Å². The average Bonchev–Trinajstić information content (AvgIpc) is 2.85. The van der Waals surface area contributed by atoms with Gasteiger partial charge in [-0.15, -0.1) is 0 Å². The molecule has 23 heavy (non-hydrogen) atoms. The highest BCUT2D eigenvalue weighted by atomic mass is 35.5. The monoisotopic (exact) mass is 338 g/mol. The zero-order valence-corrected chi connectivity index (χ0v) is 14.3. The van der Waals surface area contributed by atoms with Crippen LogP contribution in [0.2, 0.25) is 5.02 Å². The molecule has 5 nitrogen and oxygen atoms in total. The topological polar surface area (TPSA) is 73.6 Å². The molecule has 0 aliphatic carbocycles. The summed E-state index contributed by atoms with van der Waals surface area (Å²) in [6, 6.07) is 1.56. The van der Waals surface area contributed by atoms with Crippen molar-refractivity contribution in [2.45, 2.75) is 38.7 Å². The number of carbonyl (C=O) groups is 1. The van der Waals surface area contributed by atoms with E-state index in [0.29, 0.717) is 41.0 Å². The molecule has 0 bridgehead atoms. The van der Waals surface area contributed by atoms with Gasteiger partial charge in [0, 0.05) is 12.0 Å². The predicted molar refractivity (Wildman–Crippen MR) is 90.2 cm³/mol. The number of nitrogen functional groups attached to an aromatic ring is 1. The third-order valence-electron chi connectivity index (χ3n) is 4.48. The van der Waals surface area contributed by atoms with Crippen molar-refractivity contribution in [2.24, 2.45) is 5.92 Å². The van der Waals surface area contributed by atoms with Crippen molar-refractivity contribution in [3.63, 3.8) is 0 Å². The number of hydrogen-bond donors (Lipinski definition) is 2. The van der Waals surface area contributed by atoms with E-state index >= 15 is 0 Å². The second kappa shape index (κ2) is 6.21. The fraction of sp³-hybridized carbons (Fsp3) is 0.588. The summed E-state index contributed by atoms with van der Waals surface area (Å²) >= 11 is 6.19. The largest absolute Gasteiger partial charge is 0.486 e. The number of nitrogens with two attached hydrogens (primary N) is 1. The van der Waals surface area contributed by atoms with Gasteiger partial charge in [-0.3, -0.25) is 0 Å². The van der Waals surface area contributed by atoms with Crippen LogP contribution in [0, 0.1) is 5.92 Å². The van der Waals surface area contributed by atoms with Crippen molar-refractivity contribution in [3.05, 3.63) is 22.2 Å². The molecule has 0 unspecified atom stereocenters. The number of hydrogen-bond acceptors (Lipinski definition) is 5. The molecule has 3 N–H and O–H groups in total. The van der Waals surface area contributed by atoms with Gasteiger partial charge < -0.3 is 20.5 Å². The fourth-order valence-electron chi connectivity index (χ4n) is 3.20. The molecule has 0 atom stereocenters. The molecule has 2 aliphatic heterocycles. The van der Waals surface area contributed by atoms with Crippen molar-refractivity contribution in [3.8, 4) is 5.75 Å². The van der Waals surface area contributed by atoms with Crippen LogP contribution in [0.25, 0.3) is 0 Å². The maximum absolute atomic E-state index is 12.5. The number of rotatable bonds is 3. The minimum Gasteiger partial charge on any atom is -0.486 e. The highest BCUT2D eigenvalue weighted by Gasteiger charge is 2.36. The number of esters is 1. The predicted octanol–water partition coefficient (Wildman–Crippen LogP) is 2.79. The molecule has 0 amide bonds. The summed E-state index contributed by atoms with van der Waals surface area (Å²) in [7, 11) is 0. The number of ether oxygens (including phenoxy) is 2. The van der Waals surface area contributed by atoms with Crippen molar-refractivity contribution in [2.75, 3.05) is 25.4 Å². The first-order chi connectivity index (χ1) is 10.9. The van der Waals surface area contributed by atoms with Gasteiger partial charge in [-0.2, -0.15) is 0 Å². The summed E-state index contributed by atoms with van der Waals surface area (Å²) in [5.74, 6) is 0.543. The Morgan fingerprint density at radius 2 is 2.17 bits per heavy atom. The molecular formula is C17H23ClN2O3. The Balaban J connectivity index is 1.78. The van der Waals surface area contributed by atoms with Crippen molar-refractivity contribution < 1.29 is 14.3 Å². The molecule has 0 aromatic heterocycles. The summed E-state index contributed by atoms with van der Waals surface area (Å²) in [5, 5.41) is 3.67. The normalized spacial score (nSPS) is 20.0. The van der Waals surface area contributed by atoms with E-state index in [9.17, 15) is 4.79 Å². The zero-order chi connectivity index (χ0) is 16.6. The summed E-state index contributed by atoms with van der Waals surface area (Å²) < 4.78 is 11.4. The lowest BCUT2D eigenvalue weighted by Crippen LogP contribution is -2.30. The Labute approximate surface area is 141 Å². The van der Waals surface area contributed by atoms with Crippen LogP contribution in [0.1, 0.15) is 42.6 Å². The van der Waals surface area contributed by atoms with Crippen LogP contribution in [0.15, 0.2) is 6.07 Å². The van der Waals surface area contributed by atoms with E-state index in [0.717, 1.165) is 31.5 Å². The van der Waals surface area contributed by atoms with Crippen molar-refractivity contribution in [1.29, 1.82) is 0 Å². The Morgan fingerprint density at radius 3 is 2.87 bits per heavy atom. The standard InChI is InChI=1S/C17H23ClN2O3/c1-17(2)8-12-14(19)13(18)7-11(15(12)23-17)16(21)22-9-10-3-5-20-6-4-10/h7,10,20H,3-6,8-9,19H2,1-2H3. The van der Waals surface area contributed by atoms with Crippen LogP contribution in [0.5, 0.6) is 5.75 Å². The minimum atomic E-state index is -0.398. The Hall–Kier alpha value is -1.46. The molecule has 1 aromatic rings. The van der Waals surface area contributed by atoms with Crippen LogP contribution < -0.4 is 15.8 Å². The number of nitrogens with one attached hydrogen (secondary N) is 1. The van der Waals surface area contributed by atoms with Crippen LogP contribution >= 0.6 is 11.6 Å². The molecule has 0 spiro atoms. The smallest absolute Gasteiger partial charge is 0.341 e. The molecule has 0 radical (unpaired) electrons. The lowest BCUT2D eigenvalue weighted by atomic mass is 9.98. The van der Waals surface area contributed by atoms with Gasteiger partial charge in [-0.25, -0.2) is 4.79 Å². The van der Waals surface area contributed by atoms with E-state index < -0.39 is 5.60 Å². The van der Waals surface area contributed by atoms with E-state index in [4.69, 9.17) is 26.8 Å². The molecule has 3 rings (SSSR count). The van der Waals surface area contributed by atoms with E-state index in [1.807, 2.05) is 13.8 Å². The Bertz CT molecular complexity index is 625. The van der Waals surface area contributed by atoms with Gasteiger partial charge in [0.2, 0.25) is 0 Å². The molecule has 1 aromatic carbocycles. The molecule has 0 saturated carbocycles. The molecule has 126 valence electrons. The van der Waals surface area contributed by atoms with Gasteiger partial charge >= 0.3 is 5.97 Å². The van der Waals surface area contributed by atoms with Crippen LogP contribution in [0.3, 0.4) is 0 Å². The first-order valence-corrected chi connectivity index (χ1v) is 8.43. The quantitative estimate of drug-likeness (QED) is 0.655. The molecular weight excluding hydrogens is 316 g/mol. The number of halogens is 1. The SMILES string of the molecule is CC1(C)Cc2c(N)c(Cl)cc(C(=O)OCC3CCNCC3)c2O1. The number of anilines is 1. The number of piperidine rings is 1. The maximum atomic E-state index is 12.5. The van der Waals surface area contributed by atoms with E-state index in [1.165, 1.54) is 0 Å². The van der Waals surface area contributed by atoms with Gasteiger partial charge in [-0.1, -0.05) is 11.6 Å². The molecule has 2 heterocycles. The van der Waals surface area contributed by atoms with Gasteiger partial charge in [0.1, 0.15) is 16.9 Å². The summed E-state index contributed by atoms with van der Waals surface area (Å²) in [6.07, 6.45) is 2.68. The van der Waals surface area contributed by atoms with Crippen LogP contribution in [-0.4, -0.2) is 31.3 Å². The van der Waals surface area contributed by atoms with Crippen LogP contribution in [0.4, 0.5) is 5.69 Å². The van der Waals surface area contributed by atoms with E-state index in [1.54, 1.807) is 6.07 Å². The van der Waals surface area contributed by atoms with Gasteiger partial charge in [0.25, 0.3) is 0 Å². The Morgan fingerprint density at radius 1 is 1.48 bits per heavy atom. The molecule has 6 heteroatoms. The minimum absolute atomic E-state index is 0.374. The summed E-state index contributed by atoms with van der Waals surface area (Å²) in [4.78, 5) is 12.5. The fourth-order valence-corrected chi connectivity index (χ4v) is 3.42. The van der Waals surface area contributed by atoms with Crippen LogP contribution in [-0.2, 0) is 11.2 Å². The van der Waals surface area contributed by atoms with Gasteiger partial charge in [0.15, 0.2) is 0 Å². The van der Waals surface area contributed by atoms with Gasteiger partial charge in [0.05, 0.1) is 17.3 Å². The highest BCUT2D eigenvalue weighted by Crippen LogP contribution is 2.44. The highest BCUT2D eigenvalue weighted by molar-refractivity contribution is 6.33. The number of carbonyl (C=O) groups excluding carboxylic acids is 1. The zero-order valence-electron chi connectivity index (χ0n) is 13.6. The number of benzene rings is 1. The molecule has 1 fully saturated rings. The first kappa shape index (κ1) is 16.4. The third-order valence-corrected chi connectivity index (χ3v) is 4.79. The lowest BCUT2D eigenvalue weighted by molar-refractivity contribution is 0.0407. The maximum Gasteiger partial charge on any atom is 0.341 e. The lowest BCUT2D eigenvalue weighted by Gasteiger charge is -2.22. The average molecular weight is 339 g/mol. The number of fused-ring (bicyclic) bond motifs is 1. The molecule has 1 saturated heterocycles. The second-order valence-electron chi connectivity index (χ2n) is 6.96. The van der Waals surface area contributed by atoms with E-state index in [2.05, 4.69) is 5.32 Å². The summed E-state index contributed by atoms with van der Waals surface area (Å²) in [6.45, 7) is 6.31. The van der Waals surface area contributed by atoms with Crippen molar-refractivity contribution >= 4 is 23.3 Å². The first-order valence-electron chi connectivity index (χ1n) is 8.05. The van der Waals surface area contributed by atoms with Crippen molar-refractivity contribution in [1.82, 2.24) is 5.32 Å². The second-order valence-corrected chi connectivity index (χ2v) is 7.36. The van der Waals surface area contributed by atoms with Gasteiger partial charge in [-0.05, 0) is 51.8 Å². The third kappa shape index (κ3) is 3.40. The Kier molecular flexibility index (Phi) is 4.43. The molecule has 2 aliphatic rings. The summed E-state index contributed by atoms with van der Waals surface area (Å²) in [5.41, 5.74) is 7.31.